The van der Waals surface area contributed by atoms with Crippen molar-refractivity contribution >= 4 is 5.52 Å². The van der Waals surface area contributed by atoms with Gasteiger partial charge in [0.2, 0.25) is 0 Å². The summed E-state index contributed by atoms with van der Waals surface area (Å²) in [5, 5.41) is 8.86. The number of benzene rings is 1. The van der Waals surface area contributed by atoms with Crippen LogP contribution < -0.4 is 5.56 Å². The fourth-order valence-electron chi connectivity index (χ4n) is 2.95. The molecule has 0 unspecified atom stereocenters. The Morgan fingerprint density at radius 1 is 1.07 bits per heavy atom. The first kappa shape index (κ1) is 17.0. The smallest absolute Gasteiger partial charge is 0.267 e. The zero-order chi connectivity index (χ0) is 19.1. The van der Waals surface area contributed by atoms with E-state index in [9.17, 15) is 13.6 Å². The summed E-state index contributed by atoms with van der Waals surface area (Å²) in [6.45, 7) is 3.69. The molecule has 0 aliphatic carbocycles. The van der Waals surface area contributed by atoms with E-state index in [-0.39, 0.29) is 17.2 Å². The van der Waals surface area contributed by atoms with Gasteiger partial charge in [-0.25, -0.2) is 18.0 Å². The molecule has 0 aliphatic heterocycles. The van der Waals surface area contributed by atoms with Gasteiger partial charge in [-0.2, -0.15) is 10.2 Å². The highest BCUT2D eigenvalue weighted by atomic mass is 19.1. The number of hydrogen-bond acceptors (Lipinski definition) is 4. The maximum absolute atomic E-state index is 14.5. The van der Waals surface area contributed by atoms with Crippen LogP contribution in [0, 0.1) is 11.6 Å². The number of halogens is 2. The molecule has 27 heavy (non-hydrogen) atoms. The molecule has 0 aliphatic rings. The lowest BCUT2D eigenvalue weighted by molar-refractivity contribution is 0.505. The van der Waals surface area contributed by atoms with Crippen LogP contribution in [0.5, 0.6) is 0 Å². The summed E-state index contributed by atoms with van der Waals surface area (Å²) in [7, 11) is 0. The molecule has 0 bridgehead atoms. The molecule has 6 nitrogen and oxygen atoms in total. The second-order valence-corrected chi connectivity index (χ2v) is 6.35. The second kappa shape index (κ2) is 6.39. The zero-order valence-electron chi connectivity index (χ0n) is 14.6. The topological polar surface area (TPSA) is 65.1 Å². The van der Waals surface area contributed by atoms with Gasteiger partial charge < -0.3 is 0 Å². The van der Waals surface area contributed by atoms with Crippen LogP contribution in [0.1, 0.15) is 19.9 Å². The van der Waals surface area contributed by atoms with Crippen molar-refractivity contribution in [3.05, 3.63) is 70.9 Å². The van der Waals surface area contributed by atoms with Crippen molar-refractivity contribution in [1.29, 1.82) is 0 Å². The molecule has 4 aromatic rings. The average Bonchev–Trinajstić information content (AvgIpc) is 3.01. The van der Waals surface area contributed by atoms with Gasteiger partial charge in [0, 0.05) is 30.1 Å². The SMILES string of the molecule is CC(C)n1nc(-c2c(-c3ccc(F)cc3F)nn3ccncc23)ccc1=O. The first-order valence-corrected chi connectivity index (χ1v) is 8.33. The Bertz CT molecular complexity index is 1210. The van der Waals surface area contributed by atoms with Crippen LogP contribution in [0.3, 0.4) is 0 Å². The van der Waals surface area contributed by atoms with Gasteiger partial charge in [-0.3, -0.25) is 9.78 Å². The summed E-state index contributed by atoms with van der Waals surface area (Å²) in [6.07, 6.45) is 4.76. The molecule has 3 aromatic heterocycles. The minimum Gasteiger partial charge on any atom is -0.268 e. The molecule has 0 spiro atoms. The largest absolute Gasteiger partial charge is 0.268 e. The fraction of sp³-hybridized carbons (Fsp3) is 0.158. The van der Waals surface area contributed by atoms with Crippen molar-refractivity contribution in [3.63, 3.8) is 0 Å². The lowest BCUT2D eigenvalue weighted by Gasteiger charge is -2.10. The van der Waals surface area contributed by atoms with Gasteiger partial charge in [-0.1, -0.05) is 0 Å². The summed E-state index contributed by atoms with van der Waals surface area (Å²) in [5.41, 5.74) is 1.75. The summed E-state index contributed by atoms with van der Waals surface area (Å²) in [5.74, 6) is -1.40. The number of aromatic nitrogens is 5. The van der Waals surface area contributed by atoms with E-state index < -0.39 is 11.6 Å². The highest BCUT2D eigenvalue weighted by Gasteiger charge is 2.21. The summed E-state index contributed by atoms with van der Waals surface area (Å²) in [4.78, 5) is 16.2. The van der Waals surface area contributed by atoms with Gasteiger partial charge in [0.05, 0.1) is 29.0 Å². The van der Waals surface area contributed by atoms with Crippen LogP contribution in [-0.2, 0) is 0 Å². The van der Waals surface area contributed by atoms with Crippen LogP contribution in [0.2, 0.25) is 0 Å². The summed E-state index contributed by atoms with van der Waals surface area (Å²) in [6, 6.07) is 6.14. The summed E-state index contributed by atoms with van der Waals surface area (Å²) >= 11 is 0. The van der Waals surface area contributed by atoms with Gasteiger partial charge in [-0.05, 0) is 32.0 Å². The highest BCUT2D eigenvalue weighted by Crippen LogP contribution is 2.35. The molecule has 0 radical (unpaired) electrons. The Morgan fingerprint density at radius 2 is 1.89 bits per heavy atom. The Kier molecular flexibility index (Phi) is 4.02. The van der Waals surface area contributed by atoms with E-state index in [1.54, 1.807) is 29.2 Å². The quantitative estimate of drug-likeness (QED) is 0.556. The number of hydrogen-bond donors (Lipinski definition) is 0. The molecule has 0 saturated carbocycles. The predicted molar refractivity (Wildman–Crippen MR) is 96.2 cm³/mol. The Balaban J connectivity index is 2.05. The number of fused-ring (bicyclic) bond motifs is 1. The van der Waals surface area contributed by atoms with E-state index in [1.165, 1.54) is 22.9 Å². The Hall–Kier alpha value is -3.42. The minimum atomic E-state index is -0.732. The van der Waals surface area contributed by atoms with Crippen LogP contribution in [-0.4, -0.2) is 24.4 Å². The third-order valence-electron chi connectivity index (χ3n) is 4.19. The fourth-order valence-corrected chi connectivity index (χ4v) is 2.95. The maximum atomic E-state index is 14.5. The van der Waals surface area contributed by atoms with Crippen LogP contribution in [0.25, 0.3) is 28.0 Å². The van der Waals surface area contributed by atoms with Crippen molar-refractivity contribution in [2.45, 2.75) is 19.9 Å². The molecule has 8 heteroatoms. The normalized spacial score (nSPS) is 11.4. The Labute approximate surface area is 152 Å². The molecule has 1 aromatic carbocycles. The maximum Gasteiger partial charge on any atom is 0.267 e. The van der Waals surface area contributed by atoms with Crippen LogP contribution >= 0.6 is 0 Å². The van der Waals surface area contributed by atoms with Crippen molar-refractivity contribution in [2.75, 3.05) is 0 Å². The molecule has 0 atom stereocenters. The monoisotopic (exact) mass is 367 g/mol. The Morgan fingerprint density at radius 3 is 2.63 bits per heavy atom. The van der Waals surface area contributed by atoms with Crippen LogP contribution in [0.15, 0.2) is 53.7 Å². The van der Waals surface area contributed by atoms with Crippen molar-refractivity contribution in [1.82, 2.24) is 24.4 Å². The summed E-state index contributed by atoms with van der Waals surface area (Å²) < 4.78 is 30.7. The molecule has 0 N–H and O–H groups in total. The molecule has 4 rings (SSSR count). The van der Waals surface area contributed by atoms with Crippen molar-refractivity contribution in [3.8, 4) is 22.5 Å². The van der Waals surface area contributed by atoms with Crippen molar-refractivity contribution < 1.29 is 8.78 Å². The van der Waals surface area contributed by atoms with Crippen LogP contribution in [0.4, 0.5) is 8.78 Å². The van der Waals surface area contributed by atoms with E-state index >= 15 is 0 Å². The lowest BCUT2D eigenvalue weighted by Crippen LogP contribution is -2.23. The molecular formula is C19H15F2N5O. The molecule has 0 saturated heterocycles. The molecular weight excluding hydrogens is 352 g/mol. The van der Waals surface area contributed by atoms with Gasteiger partial charge in [0.15, 0.2) is 0 Å². The minimum absolute atomic E-state index is 0.138. The molecule has 136 valence electrons. The molecule has 0 amide bonds. The van der Waals surface area contributed by atoms with E-state index in [1.807, 2.05) is 13.8 Å². The van der Waals surface area contributed by atoms with E-state index in [0.29, 0.717) is 22.5 Å². The van der Waals surface area contributed by atoms with E-state index in [4.69, 9.17) is 0 Å². The molecule has 0 fully saturated rings. The van der Waals surface area contributed by atoms with E-state index in [0.717, 1.165) is 6.07 Å². The van der Waals surface area contributed by atoms with Gasteiger partial charge >= 0.3 is 0 Å². The average molecular weight is 367 g/mol. The third-order valence-corrected chi connectivity index (χ3v) is 4.19. The van der Waals surface area contributed by atoms with Gasteiger partial charge in [0.25, 0.3) is 5.56 Å². The second-order valence-electron chi connectivity index (χ2n) is 6.35. The zero-order valence-corrected chi connectivity index (χ0v) is 14.6. The third kappa shape index (κ3) is 2.88. The standard InChI is InChI=1S/C19H15F2N5O/c1-11(2)26-17(27)6-5-15(23-26)18-16-10-22-7-8-25(16)24-19(18)13-4-3-12(20)9-14(13)21/h3-11H,1-2H3. The first-order valence-electron chi connectivity index (χ1n) is 8.33. The number of nitrogens with zero attached hydrogens (tertiary/aromatic N) is 5. The van der Waals surface area contributed by atoms with Crippen molar-refractivity contribution in [2.24, 2.45) is 0 Å². The number of rotatable bonds is 3. The van der Waals surface area contributed by atoms with E-state index in [2.05, 4.69) is 15.2 Å². The van der Waals surface area contributed by atoms with Gasteiger partial charge in [0.1, 0.15) is 17.3 Å². The molecule has 3 heterocycles. The highest BCUT2D eigenvalue weighted by molar-refractivity contribution is 5.90. The van der Waals surface area contributed by atoms with Gasteiger partial charge in [-0.15, -0.1) is 0 Å². The predicted octanol–water partition coefficient (Wildman–Crippen LogP) is 3.48. The first-order chi connectivity index (χ1) is 13.0. The lowest BCUT2D eigenvalue weighted by atomic mass is 10.0.